The van der Waals surface area contributed by atoms with Crippen LogP contribution in [0.1, 0.15) is 59.3 Å². The summed E-state index contributed by atoms with van der Waals surface area (Å²) in [4.78, 5) is 37.1. The minimum absolute atomic E-state index is 0.0438. The van der Waals surface area contributed by atoms with Gasteiger partial charge in [0.2, 0.25) is 0 Å². The molecule has 4 rings (SSSR count). The smallest absolute Gasteiger partial charge is 0.330 e. The Morgan fingerprint density at radius 3 is 2.69 bits per heavy atom. The summed E-state index contributed by atoms with van der Waals surface area (Å²) in [5.74, 6) is 1.27. The van der Waals surface area contributed by atoms with Gasteiger partial charge in [-0.2, -0.15) is 0 Å². The lowest BCUT2D eigenvalue weighted by Crippen LogP contribution is -2.54. The monoisotopic (exact) mass is 396 g/mol. The maximum absolute atomic E-state index is 13.6. The highest BCUT2D eigenvalue weighted by atomic mass is 16.5. The highest BCUT2D eigenvalue weighted by Crippen LogP contribution is 2.64. The van der Waals surface area contributed by atoms with Gasteiger partial charge in [0.25, 0.3) is 0 Å². The number of ketones is 2. The number of rotatable bonds is 3. The minimum atomic E-state index is -0.346. The second kappa shape index (κ2) is 7.07. The zero-order chi connectivity index (χ0) is 21.0. The third-order valence-corrected chi connectivity index (χ3v) is 8.48. The summed E-state index contributed by atoms with van der Waals surface area (Å²) >= 11 is 0. The molecule has 2 fully saturated rings. The number of hydrogen-bond acceptors (Lipinski definition) is 4. The zero-order valence-electron chi connectivity index (χ0n) is 18.0. The number of esters is 1. The highest BCUT2D eigenvalue weighted by molar-refractivity contribution is 5.88. The molecule has 29 heavy (non-hydrogen) atoms. The Morgan fingerprint density at radius 1 is 1.21 bits per heavy atom. The molecular formula is C25H32O4. The average Bonchev–Trinajstić information content (AvgIpc) is 3.02. The van der Waals surface area contributed by atoms with Crippen molar-refractivity contribution in [1.29, 1.82) is 0 Å². The van der Waals surface area contributed by atoms with Crippen molar-refractivity contribution in [3.8, 4) is 0 Å². The third kappa shape index (κ3) is 3.06. The van der Waals surface area contributed by atoms with Gasteiger partial charge in [-0.05, 0) is 47.8 Å². The molecule has 0 aromatic rings. The summed E-state index contributed by atoms with van der Waals surface area (Å²) < 4.78 is 4.72. The van der Waals surface area contributed by atoms with Gasteiger partial charge in [-0.1, -0.05) is 50.1 Å². The van der Waals surface area contributed by atoms with E-state index in [-0.39, 0.29) is 28.6 Å². The van der Waals surface area contributed by atoms with Crippen LogP contribution in [0.25, 0.3) is 0 Å². The van der Waals surface area contributed by atoms with Gasteiger partial charge in [0.15, 0.2) is 0 Å². The first-order chi connectivity index (χ1) is 13.7. The van der Waals surface area contributed by atoms with Gasteiger partial charge in [-0.25, -0.2) is 4.79 Å². The van der Waals surface area contributed by atoms with E-state index in [1.807, 2.05) is 6.08 Å². The van der Waals surface area contributed by atoms with Crippen LogP contribution in [0.3, 0.4) is 0 Å². The fourth-order valence-electron chi connectivity index (χ4n) is 7.01. The number of methoxy groups -OCH3 is 1. The van der Waals surface area contributed by atoms with Gasteiger partial charge in [-0.3, -0.25) is 9.59 Å². The summed E-state index contributed by atoms with van der Waals surface area (Å²) in [5.41, 5.74) is 2.21. The second-order valence-electron chi connectivity index (χ2n) is 9.97. The molecule has 0 spiro atoms. The molecular weight excluding hydrogens is 364 g/mol. The predicted molar refractivity (Wildman–Crippen MR) is 111 cm³/mol. The molecule has 4 aliphatic rings. The van der Waals surface area contributed by atoms with Crippen molar-refractivity contribution in [1.82, 2.24) is 0 Å². The Balaban J connectivity index is 1.63. The first-order valence-electron chi connectivity index (χ1n) is 10.9. The first kappa shape index (κ1) is 20.3. The summed E-state index contributed by atoms with van der Waals surface area (Å²) in [6, 6.07) is 0. The van der Waals surface area contributed by atoms with Crippen molar-refractivity contribution in [2.75, 3.05) is 7.11 Å². The van der Waals surface area contributed by atoms with Gasteiger partial charge in [0.05, 0.1) is 7.11 Å². The molecule has 0 aromatic carbocycles. The van der Waals surface area contributed by atoms with E-state index in [1.165, 1.54) is 24.3 Å². The van der Waals surface area contributed by atoms with Crippen LogP contribution in [0.2, 0.25) is 0 Å². The molecule has 0 N–H and O–H groups in total. The topological polar surface area (TPSA) is 60.4 Å². The summed E-state index contributed by atoms with van der Waals surface area (Å²) in [6.45, 7) is 6.58. The SMILES string of the molecule is COC(=O)/C=C/[C@@H](C)C1=CC[C@H]2[C@@H]3CC=C4CC(=O)CCC4(C)[C@H]3C(=O)C[C@]12C. The third-order valence-electron chi connectivity index (χ3n) is 8.48. The molecule has 0 aromatic heterocycles. The summed E-state index contributed by atoms with van der Waals surface area (Å²) in [5, 5.41) is 0. The number of fused-ring (bicyclic) bond motifs is 5. The minimum Gasteiger partial charge on any atom is -0.466 e. The molecule has 0 saturated heterocycles. The Bertz CT molecular complexity index is 847. The molecule has 0 bridgehead atoms. The molecule has 0 heterocycles. The Hall–Kier alpha value is -1.97. The summed E-state index contributed by atoms with van der Waals surface area (Å²) in [6.07, 6.45) is 12.4. The standard InChI is InChI=1S/C25H32O4/c1-15(5-10-22(28)29-4)19-8-9-20-18-7-6-16-13-17(26)11-12-24(16,2)23(18)21(27)14-25(19,20)3/h5-6,8,10,15,18,20,23H,7,9,11-14H2,1-4H3/b10-5+/t15-,18+,20+,23-,24?,25-/m1/s1. The van der Waals surface area contributed by atoms with E-state index in [0.717, 1.165) is 19.3 Å². The van der Waals surface area contributed by atoms with E-state index in [1.54, 1.807) is 0 Å². The molecule has 0 aliphatic heterocycles. The molecule has 6 atom stereocenters. The first-order valence-corrected chi connectivity index (χ1v) is 10.9. The average molecular weight is 397 g/mol. The van der Waals surface area contributed by atoms with Gasteiger partial charge in [0.1, 0.15) is 11.6 Å². The number of ether oxygens (including phenoxy) is 1. The number of carbonyl (C=O) groups excluding carboxylic acids is 3. The van der Waals surface area contributed by atoms with Crippen LogP contribution < -0.4 is 0 Å². The molecule has 1 unspecified atom stereocenters. The van der Waals surface area contributed by atoms with Crippen LogP contribution >= 0.6 is 0 Å². The van der Waals surface area contributed by atoms with Crippen LogP contribution in [-0.2, 0) is 19.1 Å². The van der Waals surface area contributed by atoms with Crippen LogP contribution in [0, 0.1) is 34.5 Å². The van der Waals surface area contributed by atoms with Crippen LogP contribution in [0.15, 0.2) is 35.5 Å². The fraction of sp³-hybridized carbons (Fsp3) is 0.640. The maximum atomic E-state index is 13.6. The van der Waals surface area contributed by atoms with Crippen molar-refractivity contribution in [3.05, 3.63) is 35.5 Å². The molecule has 2 saturated carbocycles. The van der Waals surface area contributed by atoms with E-state index < -0.39 is 0 Å². The Morgan fingerprint density at radius 2 is 1.97 bits per heavy atom. The second-order valence-corrected chi connectivity index (χ2v) is 9.97. The lowest BCUT2D eigenvalue weighted by Gasteiger charge is -2.56. The zero-order valence-corrected chi connectivity index (χ0v) is 18.0. The van der Waals surface area contributed by atoms with Crippen molar-refractivity contribution >= 4 is 17.5 Å². The number of carbonyl (C=O) groups is 3. The Kier molecular flexibility index (Phi) is 4.95. The summed E-state index contributed by atoms with van der Waals surface area (Å²) in [7, 11) is 1.38. The molecule has 0 radical (unpaired) electrons. The molecule has 4 nitrogen and oxygen atoms in total. The quantitative estimate of drug-likeness (QED) is 0.397. The van der Waals surface area contributed by atoms with Gasteiger partial charge >= 0.3 is 5.97 Å². The predicted octanol–water partition coefficient (Wildman–Crippen LogP) is 4.60. The van der Waals surface area contributed by atoms with Crippen LogP contribution in [0.4, 0.5) is 0 Å². The van der Waals surface area contributed by atoms with E-state index in [0.29, 0.717) is 42.7 Å². The number of hydrogen-bond donors (Lipinski definition) is 0. The largest absolute Gasteiger partial charge is 0.466 e. The van der Waals surface area contributed by atoms with E-state index in [4.69, 9.17) is 4.74 Å². The van der Waals surface area contributed by atoms with E-state index >= 15 is 0 Å². The molecule has 156 valence electrons. The maximum Gasteiger partial charge on any atom is 0.330 e. The van der Waals surface area contributed by atoms with E-state index in [2.05, 4.69) is 32.9 Å². The van der Waals surface area contributed by atoms with E-state index in [9.17, 15) is 14.4 Å². The van der Waals surface area contributed by atoms with Crippen molar-refractivity contribution in [2.45, 2.75) is 59.3 Å². The number of Topliss-reactive ketones (excluding diaryl/α,β-unsaturated/α-hetero) is 2. The van der Waals surface area contributed by atoms with Crippen LogP contribution in [0.5, 0.6) is 0 Å². The molecule has 4 aliphatic carbocycles. The van der Waals surface area contributed by atoms with Gasteiger partial charge in [0, 0.05) is 31.3 Å². The lowest BCUT2D eigenvalue weighted by molar-refractivity contribution is -0.142. The van der Waals surface area contributed by atoms with Gasteiger partial charge < -0.3 is 4.74 Å². The van der Waals surface area contributed by atoms with Crippen LogP contribution in [-0.4, -0.2) is 24.6 Å². The Labute approximate surface area is 173 Å². The molecule has 4 heteroatoms. The van der Waals surface area contributed by atoms with Crippen molar-refractivity contribution in [2.24, 2.45) is 34.5 Å². The lowest BCUT2D eigenvalue weighted by atomic mass is 9.46. The number of allylic oxidation sites excluding steroid dienone is 5. The van der Waals surface area contributed by atoms with Gasteiger partial charge in [-0.15, -0.1) is 0 Å². The van der Waals surface area contributed by atoms with Crippen molar-refractivity contribution < 1.29 is 19.1 Å². The van der Waals surface area contributed by atoms with Crippen molar-refractivity contribution in [3.63, 3.8) is 0 Å². The highest BCUT2D eigenvalue weighted by Gasteiger charge is 2.60. The normalized spacial score (nSPS) is 39.9. The molecule has 0 amide bonds. The fourth-order valence-corrected chi connectivity index (χ4v) is 7.01.